The Balaban J connectivity index is 1.66. The molecule has 1 aliphatic heterocycles. The van der Waals surface area contributed by atoms with Gasteiger partial charge in [0.05, 0.1) is 18.5 Å². The van der Waals surface area contributed by atoms with Crippen LogP contribution in [-0.2, 0) is 14.4 Å². The molecule has 2 rings (SSSR count). The maximum atomic E-state index is 13.4. The van der Waals surface area contributed by atoms with E-state index in [0.717, 1.165) is 32.4 Å². The average molecular weight is 620 g/mol. The Hall–Kier alpha value is -2.46. The topological polar surface area (TPSA) is 112 Å². The van der Waals surface area contributed by atoms with E-state index >= 15 is 0 Å². The molecule has 0 bridgehead atoms. The molecule has 1 saturated heterocycles. The quantitative estimate of drug-likeness (QED) is 0.0873. The molecule has 10 heteroatoms. The zero-order chi connectivity index (χ0) is 31.1. The molecule has 1 aromatic carbocycles. The number of hydrogen-bond acceptors (Lipinski definition) is 7. The summed E-state index contributed by atoms with van der Waals surface area (Å²) in [5.74, 6) is 0.691. The summed E-state index contributed by atoms with van der Waals surface area (Å²) in [6.07, 6.45) is 16.9. The number of thioether (sulfide) groups is 1. The van der Waals surface area contributed by atoms with E-state index in [1.54, 1.807) is 4.90 Å². The van der Waals surface area contributed by atoms with E-state index in [-0.39, 0.29) is 29.6 Å². The number of carbonyl (C=O) groups excluding carboxylic acids is 3. The van der Waals surface area contributed by atoms with Crippen molar-refractivity contribution in [1.82, 2.24) is 20.9 Å². The molecule has 0 aromatic heterocycles. The Morgan fingerprint density at radius 3 is 2.23 bits per heavy atom. The molecule has 9 nitrogen and oxygen atoms in total. The molecular formula is C33H57N5O4S. The van der Waals surface area contributed by atoms with Gasteiger partial charge >= 0.3 is 0 Å². The monoisotopic (exact) mass is 619 g/mol. The van der Waals surface area contributed by atoms with Gasteiger partial charge < -0.3 is 25.6 Å². The summed E-state index contributed by atoms with van der Waals surface area (Å²) in [4.78, 5) is 39.7. The van der Waals surface area contributed by atoms with E-state index in [1.807, 2.05) is 37.4 Å². The Kier molecular flexibility index (Phi) is 19.6. The molecule has 0 saturated carbocycles. The number of anilines is 1. The molecule has 1 fully saturated rings. The van der Waals surface area contributed by atoms with Crippen LogP contribution in [0.1, 0.15) is 104 Å². The van der Waals surface area contributed by atoms with Gasteiger partial charge in [-0.25, -0.2) is 0 Å². The number of benzene rings is 1. The molecule has 0 aliphatic carbocycles. The Labute approximate surface area is 264 Å². The van der Waals surface area contributed by atoms with Gasteiger partial charge in [-0.05, 0) is 69.7 Å². The lowest BCUT2D eigenvalue weighted by Crippen LogP contribution is -2.57. The minimum atomic E-state index is -0.868. The van der Waals surface area contributed by atoms with E-state index in [4.69, 9.17) is 4.74 Å². The Morgan fingerprint density at radius 1 is 0.953 bits per heavy atom. The van der Waals surface area contributed by atoms with Crippen LogP contribution in [0.5, 0.6) is 5.75 Å². The molecule has 244 valence electrons. The Morgan fingerprint density at radius 2 is 1.63 bits per heavy atom. The van der Waals surface area contributed by atoms with Crippen LogP contribution in [-0.4, -0.2) is 73.2 Å². The van der Waals surface area contributed by atoms with Crippen LogP contribution in [0.2, 0.25) is 0 Å². The number of unbranched alkanes of at least 4 members (excludes halogenated alkanes) is 9. The molecule has 2 atom stereocenters. The van der Waals surface area contributed by atoms with Crippen molar-refractivity contribution in [3.8, 4) is 5.75 Å². The number of nitrogens with one attached hydrogen (secondary N) is 4. The predicted octanol–water partition coefficient (Wildman–Crippen LogP) is 5.66. The maximum Gasteiger partial charge on any atom is 0.267 e. The highest BCUT2D eigenvalue weighted by Gasteiger charge is 2.31. The number of likely N-dealkylation sites (N-methyl/N-ethyl adjacent to an activating group) is 1. The van der Waals surface area contributed by atoms with Gasteiger partial charge in [0, 0.05) is 25.2 Å². The smallest absolute Gasteiger partial charge is 0.267 e. The highest BCUT2D eigenvalue weighted by atomic mass is 32.2. The van der Waals surface area contributed by atoms with Gasteiger partial charge in [0.25, 0.3) is 5.91 Å². The maximum absolute atomic E-state index is 13.4. The van der Waals surface area contributed by atoms with Crippen LogP contribution >= 0.6 is 11.8 Å². The number of amides is 3. The predicted molar refractivity (Wildman–Crippen MR) is 178 cm³/mol. The van der Waals surface area contributed by atoms with Gasteiger partial charge in [0.2, 0.25) is 11.8 Å². The second-order valence-electron chi connectivity index (χ2n) is 11.3. The van der Waals surface area contributed by atoms with Crippen LogP contribution in [0.15, 0.2) is 24.3 Å². The molecule has 0 radical (unpaired) electrons. The lowest BCUT2D eigenvalue weighted by atomic mass is 10.1. The number of nitrogens with zero attached hydrogens (tertiary/aromatic N) is 1. The molecule has 0 spiro atoms. The first kappa shape index (κ1) is 36.7. The Bertz CT molecular complexity index is 911. The van der Waals surface area contributed by atoms with Gasteiger partial charge in [-0.2, -0.15) is 11.8 Å². The summed E-state index contributed by atoms with van der Waals surface area (Å²) < 4.78 is 5.83. The van der Waals surface area contributed by atoms with E-state index in [0.29, 0.717) is 37.4 Å². The van der Waals surface area contributed by atoms with Gasteiger partial charge in [-0.1, -0.05) is 64.7 Å². The molecule has 43 heavy (non-hydrogen) atoms. The largest absolute Gasteiger partial charge is 0.494 e. The average Bonchev–Trinajstić information content (AvgIpc) is 3.53. The molecular weight excluding hydrogens is 562 g/mol. The van der Waals surface area contributed by atoms with Crippen molar-refractivity contribution >= 4 is 35.2 Å². The van der Waals surface area contributed by atoms with Gasteiger partial charge in [0.1, 0.15) is 5.75 Å². The van der Waals surface area contributed by atoms with Crippen LogP contribution in [0, 0.1) is 0 Å². The third-order valence-corrected chi connectivity index (χ3v) is 8.25. The zero-order valence-electron chi connectivity index (χ0n) is 26.9. The molecule has 1 aromatic rings. The first-order valence-corrected chi connectivity index (χ1v) is 18.0. The van der Waals surface area contributed by atoms with Crippen molar-refractivity contribution in [3.05, 3.63) is 24.3 Å². The highest BCUT2D eigenvalue weighted by molar-refractivity contribution is 7.99. The van der Waals surface area contributed by atoms with Crippen molar-refractivity contribution in [1.29, 1.82) is 0 Å². The first-order chi connectivity index (χ1) is 21.0. The van der Waals surface area contributed by atoms with Crippen molar-refractivity contribution in [2.75, 3.05) is 43.6 Å². The minimum Gasteiger partial charge on any atom is -0.494 e. The summed E-state index contributed by atoms with van der Waals surface area (Å²) in [7, 11) is 0. The number of rotatable bonds is 24. The fraction of sp³-hybridized carbons (Fsp3) is 0.727. The molecule has 1 aliphatic rings. The van der Waals surface area contributed by atoms with E-state index in [2.05, 4.69) is 28.2 Å². The number of ether oxygens (including phenoxy) is 1. The van der Waals surface area contributed by atoms with Crippen molar-refractivity contribution in [2.24, 2.45) is 0 Å². The summed E-state index contributed by atoms with van der Waals surface area (Å²) >= 11 is 1.41. The summed E-state index contributed by atoms with van der Waals surface area (Å²) in [5, 5.41) is 12.4. The van der Waals surface area contributed by atoms with E-state index in [9.17, 15) is 14.4 Å². The van der Waals surface area contributed by atoms with E-state index < -0.39 is 6.17 Å². The van der Waals surface area contributed by atoms with Crippen LogP contribution in [0.3, 0.4) is 0 Å². The van der Waals surface area contributed by atoms with Crippen molar-refractivity contribution in [2.45, 2.75) is 116 Å². The summed E-state index contributed by atoms with van der Waals surface area (Å²) in [5.41, 5.74) is 0.705. The molecule has 4 N–H and O–H groups in total. The first-order valence-electron chi connectivity index (χ1n) is 16.6. The third kappa shape index (κ3) is 15.7. The highest BCUT2D eigenvalue weighted by Crippen LogP contribution is 2.18. The summed E-state index contributed by atoms with van der Waals surface area (Å²) in [6.45, 7) is 6.84. The molecule has 3 amide bonds. The SMILES string of the molecule is CCCCCCCCCCCCNC(=O)CCCOc1ccc(NC(NC(=O)CSC)C(=O)N(CC)C2CCCN2)cc1. The second-order valence-corrected chi connectivity index (χ2v) is 12.2. The van der Waals surface area contributed by atoms with Gasteiger partial charge in [0.15, 0.2) is 6.17 Å². The second kappa shape index (κ2) is 23.0. The summed E-state index contributed by atoms with van der Waals surface area (Å²) in [6, 6.07) is 7.32. The van der Waals surface area contributed by atoms with Crippen LogP contribution in [0.25, 0.3) is 0 Å². The zero-order valence-corrected chi connectivity index (χ0v) is 27.7. The fourth-order valence-corrected chi connectivity index (χ4v) is 5.63. The van der Waals surface area contributed by atoms with Crippen LogP contribution in [0.4, 0.5) is 5.69 Å². The van der Waals surface area contributed by atoms with Gasteiger partial charge in [-0.3, -0.25) is 19.7 Å². The lowest BCUT2D eigenvalue weighted by molar-refractivity contribution is -0.137. The molecule has 1 heterocycles. The molecule has 2 unspecified atom stereocenters. The third-order valence-electron chi connectivity index (χ3n) is 7.70. The van der Waals surface area contributed by atoms with Crippen LogP contribution < -0.4 is 26.0 Å². The number of carbonyl (C=O) groups is 3. The lowest BCUT2D eigenvalue weighted by Gasteiger charge is -2.32. The minimum absolute atomic E-state index is 0.0168. The standard InChI is InChI=1S/C33H57N5O4S/c1-4-6-7-8-9-10-11-12-13-14-23-35-30(39)18-16-25-42-28-21-19-27(20-22-28)36-32(37-31(40)26-43-3)33(41)38(5-2)29-17-15-24-34-29/h19-22,29,32,34,36H,4-18,23-26H2,1-3H3,(H,35,39)(H,37,40). The van der Waals surface area contributed by atoms with Crippen molar-refractivity contribution < 1.29 is 19.1 Å². The van der Waals surface area contributed by atoms with E-state index in [1.165, 1.54) is 69.5 Å². The normalized spacial score (nSPS) is 15.1. The van der Waals surface area contributed by atoms with Crippen molar-refractivity contribution in [3.63, 3.8) is 0 Å². The fourth-order valence-electron chi connectivity index (χ4n) is 5.29. The van der Waals surface area contributed by atoms with Gasteiger partial charge in [-0.15, -0.1) is 0 Å². The number of hydrogen-bond donors (Lipinski definition) is 4.